The van der Waals surface area contributed by atoms with E-state index in [0.717, 1.165) is 42.3 Å². The third kappa shape index (κ3) is 4.88. The van der Waals surface area contributed by atoms with Crippen LogP contribution < -0.4 is 10.6 Å². The molecule has 2 heterocycles. The van der Waals surface area contributed by atoms with Crippen molar-refractivity contribution in [2.75, 3.05) is 13.2 Å². The van der Waals surface area contributed by atoms with Crippen molar-refractivity contribution in [2.45, 2.75) is 37.0 Å². The van der Waals surface area contributed by atoms with E-state index >= 15 is 0 Å². The van der Waals surface area contributed by atoms with Gasteiger partial charge in [0.15, 0.2) is 0 Å². The van der Waals surface area contributed by atoms with Crippen molar-refractivity contribution >= 4 is 34.2 Å². The lowest BCUT2D eigenvalue weighted by molar-refractivity contribution is -0.759. The molecule has 1 saturated carbocycles. The Bertz CT molecular complexity index is 646. The first kappa shape index (κ1) is 19.0. The predicted molar refractivity (Wildman–Crippen MR) is 98.4 cm³/mol. The molecule has 26 heavy (non-hydrogen) atoms. The highest BCUT2D eigenvalue weighted by Crippen LogP contribution is 2.40. The lowest BCUT2D eigenvalue weighted by Crippen LogP contribution is -2.45. The summed E-state index contributed by atoms with van der Waals surface area (Å²) in [5, 5.41) is 16.8. The number of carbonyl (C=O) groups is 2. The molecular weight excluding hydrogens is 378 g/mol. The highest BCUT2D eigenvalue weighted by Gasteiger charge is 2.40. The molecule has 2 aliphatic rings. The first-order valence-corrected chi connectivity index (χ1v) is 10.3. The van der Waals surface area contributed by atoms with Crippen LogP contribution in [-0.4, -0.2) is 35.4 Å². The van der Waals surface area contributed by atoms with E-state index in [9.17, 15) is 19.7 Å². The number of carbonyl (C=O) groups excluding carboxylic acids is 2. The second-order valence-corrected chi connectivity index (χ2v) is 8.71. The van der Waals surface area contributed by atoms with E-state index < -0.39 is 11.1 Å². The molecule has 10 heteroatoms. The Morgan fingerprint density at radius 3 is 2.73 bits per heavy atom. The minimum atomic E-state index is -0.746. The summed E-state index contributed by atoms with van der Waals surface area (Å²) in [6.07, 6.45) is 3.54. The van der Waals surface area contributed by atoms with Crippen molar-refractivity contribution in [2.24, 2.45) is 11.8 Å². The molecule has 1 saturated heterocycles. The number of thiophene rings is 1. The van der Waals surface area contributed by atoms with E-state index in [1.807, 2.05) is 17.5 Å². The summed E-state index contributed by atoms with van der Waals surface area (Å²) in [6, 6.07) is 3.31. The topological polar surface area (TPSA) is 111 Å². The molecule has 2 amide bonds. The summed E-state index contributed by atoms with van der Waals surface area (Å²) in [4.78, 5) is 40.0. The summed E-state index contributed by atoms with van der Waals surface area (Å²) < 4.78 is 0. The number of hydrogen-bond donors (Lipinski definition) is 2. The molecule has 0 spiro atoms. The van der Waals surface area contributed by atoms with E-state index in [2.05, 4.69) is 15.5 Å². The van der Waals surface area contributed by atoms with Crippen LogP contribution in [0.4, 0.5) is 4.79 Å². The van der Waals surface area contributed by atoms with Gasteiger partial charge in [-0.15, -0.1) is 21.5 Å². The third-order valence-corrected chi connectivity index (χ3v) is 7.08. The van der Waals surface area contributed by atoms with Gasteiger partial charge in [0.1, 0.15) is 6.04 Å². The van der Waals surface area contributed by atoms with Gasteiger partial charge in [0.25, 0.3) is 10.3 Å². The molecule has 2 atom stereocenters. The van der Waals surface area contributed by atoms with Crippen LogP contribution in [-0.2, 0) is 9.63 Å². The van der Waals surface area contributed by atoms with Gasteiger partial charge in [-0.3, -0.25) is 9.59 Å². The fourth-order valence-corrected chi connectivity index (χ4v) is 5.42. The van der Waals surface area contributed by atoms with Gasteiger partial charge in [-0.2, -0.15) is 0 Å². The molecule has 0 bridgehead atoms. The van der Waals surface area contributed by atoms with Crippen molar-refractivity contribution in [3.63, 3.8) is 0 Å². The minimum Gasteiger partial charge on any atom is -0.354 e. The molecular formula is C16H21N3O5S2. The lowest BCUT2D eigenvalue weighted by Gasteiger charge is -2.28. The second-order valence-electron chi connectivity index (χ2n) is 6.61. The molecule has 1 aliphatic heterocycles. The van der Waals surface area contributed by atoms with Crippen LogP contribution in [0.2, 0.25) is 0 Å². The van der Waals surface area contributed by atoms with Gasteiger partial charge in [-0.1, -0.05) is 17.8 Å². The molecule has 1 aliphatic carbocycles. The zero-order valence-electron chi connectivity index (χ0n) is 14.1. The Kier molecular flexibility index (Phi) is 6.36. The first-order valence-electron chi connectivity index (χ1n) is 8.58. The Labute approximate surface area is 159 Å². The number of amides is 2. The average Bonchev–Trinajstić information content (AvgIpc) is 3.28. The third-order valence-electron chi connectivity index (χ3n) is 4.86. The summed E-state index contributed by atoms with van der Waals surface area (Å²) in [5.74, 6) is 0.414. The molecule has 0 radical (unpaired) electrons. The predicted octanol–water partition coefficient (Wildman–Crippen LogP) is 2.75. The molecule has 8 nitrogen and oxygen atoms in total. The normalized spacial score (nSPS) is 28.4. The first-order chi connectivity index (χ1) is 12.5. The zero-order valence-corrected chi connectivity index (χ0v) is 15.7. The van der Waals surface area contributed by atoms with Gasteiger partial charge in [0, 0.05) is 11.4 Å². The van der Waals surface area contributed by atoms with Crippen molar-refractivity contribution < 1.29 is 19.5 Å². The summed E-state index contributed by atoms with van der Waals surface area (Å²) in [7, 11) is 0. The Morgan fingerprint density at radius 1 is 1.35 bits per heavy atom. The van der Waals surface area contributed by atoms with Gasteiger partial charge < -0.3 is 15.5 Å². The van der Waals surface area contributed by atoms with Crippen LogP contribution in [0.3, 0.4) is 0 Å². The number of hydrogen-bond acceptors (Lipinski definition) is 7. The van der Waals surface area contributed by atoms with Crippen molar-refractivity contribution in [1.82, 2.24) is 10.6 Å². The van der Waals surface area contributed by atoms with Crippen LogP contribution in [0.1, 0.15) is 35.8 Å². The molecule has 142 valence electrons. The van der Waals surface area contributed by atoms with Crippen molar-refractivity contribution in [1.29, 1.82) is 0 Å². The number of nitrogens with one attached hydrogen (secondary N) is 2. The van der Waals surface area contributed by atoms with E-state index in [-0.39, 0.29) is 28.9 Å². The quantitative estimate of drug-likeness (QED) is 0.539. The average molecular weight is 399 g/mol. The maximum absolute atomic E-state index is 12.6. The van der Waals surface area contributed by atoms with Crippen LogP contribution in [0, 0.1) is 22.0 Å². The monoisotopic (exact) mass is 399 g/mol. The molecule has 0 aromatic carbocycles. The lowest BCUT2D eigenvalue weighted by atomic mass is 9.82. The summed E-state index contributed by atoms with van der Waals surface area (Å²) in [5.41, 5.74) is 0. The van der Waals surface area contributed by atoms with Crippen molar-refractivity contribution in [3.05, 3.63) is 32.5 Å². The van der Waals surface area contributed by atoms with E-state index in [1.165, 1.54) is 0 Å². The van der Waals surface area contributed by atoms with E-state index in [4.69, 9.17) is 0 Å². The standard InChI is InChI=1S/C16H21N3O5S2/c20-15(13-14(26-16(21)18-13)12-2-1-7-25-12)17-8-10-3-5-11(6-4-10)9-24-19(22)23/h1-2,7,10-11,13-14H,3-6,8-9H2,(H,17,20)(H,18,21). The maximum Gasteiger partial charge on any atom is 0.294 e. The molecule has 1 aromatic rings. The minimum absolute atomic E-state index is 0.152. The molecule has 2 fully saturated rings. The number of nitrogens with zero attached hydrogens (tertiary/aromatic N) is 1. The van der Waals surface area contributed by atoms with Gasteiger partial charge in [0.05, 0.1) is 11.9 Å². The van der Waals surface area contributed by atoms with Crippen molar-refractivity contribution in [3.8, 4) is 0 Å². The fourth-order valence-electron chi connectivity index (χ4n) is 3.42. The highest BCUT2D eigenvalue weighted by atomic mass is 32.2. The molecule has 3 rings (SSSR count). The van der Waals surface area contributed by atoms with Gasteiger partial charge in [0.2, 0.25) is 5.91 Å². The van der Waals surface area contributed by atoms with Crippen LogP contribution >= 0.6 is 23.1 Å². The van der Waals surface area contributed by atoms with Gasteiger partial charge >= 0.3 is 0 Å². The number of thioether (sulfide) groups is 1. The summed E-state index contributed by atoms with van der Waals surface area (Å²) in [6.45, 7) is 0.718. The molecule has 1 aromatic heterocycles. The Hall–Kier alpha value is -1.81. The van der Waals surface area contributed by atoms with Crippen LogP contribution in [0.5, 0.6) is 0 Å². The Morgan fingerprint density at radius 2 is 2.08 bits per heavy atom. The largest absolute Gasteiger partial charge is 0.354 e. The smallest absolute Gasteiger partial charge is 0.294 e. The number of rotatable bonds is 7. The maximum atomic E-state index is 12.6. The van der Waals surface area contributed by atoms with Crippen LogP contribution in [0.15, 0.2) is 17.5 Å². The zero-order chi connectivity index (χ0) is 18.5. The van der Waals surface area contributed by atoms with E-state index in [0.29, 0.717) is 12.5 Å². The summed E-state index contributed by atoms with van der Waals surface area (Å²) >= 11 is 2.70. The highest BCUT2D eigenvalue weighted by molar-refractivity contribution is 8.14. The fraction of sp³-hybridized carbons (Fsp3) is 0.625. The SMILES string of the molecule is O=C1NC(C(=O)NCC2CCC(CO[N+](=O)[O-])CC2)C(c2cccs2)S1. The molecule has 2 unspecified atom stereocenters. The van der Waals surface area contributed by atoms with Crippen LogP contribution in [0.25, 0.3) is 0 Å². The van der Waals surface area contributed by atoms with Gasteiger partial charge in [-0.25, -0.2) is 0 Å². The Balaban J connectivity index is 1.44. The van der Waals surface area contributed by atoms with E-state index in [1.54, 1.807) is 11.3 Å². The molecule has 2 N–H and O–H groups in total. The van der Waals surface area contributed by atoms with Gasteiger partial charge in [-0.05, 0) is 49.0 Å². The second kappa shape index (κ2) is 8.72.